The number of nitrogens with zero attached hydrogens (tertiary/aromatic N) is 4. The molecule has 0 atom stereocenters. The summed E-state index contributed by atoms with van der Waals surface area (Å²) < 4.78 is 18.3. The lowest BCUT2D eigenvalue weighted by molar-refractivity contribution is 0.297. The van der Waals surface area contributed by atoms with Gasteiger partial charge in [0.05, 0.1) is 10.2 Å². The second-order valence-electron chi connectivity index (χ2n) is 4.33. The van der Waals surface area contributed by atoms with Crippen LogP contribution in [0.3, 0.4) is 0 Å². The molecule has 0 saturated carbocycles. The number of halogens is 2. The van der Waals surface area contributed by atoms with Crippen LogP contribution in [0.5, 0.6) is 0 Å². The molecule has 0 saturated heterocycles. The molecule has 2 aromatic heterocycles. The summed E-state index contributed by atoms with van der Waals surface area (Å²) in [5.74, 6) is 0.224. The summed E-state index contributed by atoms with van der Waals surface area (Å²) in [7, 11) is 0. The predicted octanol–water partition coefficient (Wildman–Crippen LogP) is 3.97. The Bertz CT molecular complexity index is 856. The fraction of sp³-hybridized carbons (Fsp3) is 0.0769. The molecular formula is C13H9BrFN5O2S2. The van der Waals surface area contributed by atoms with E-state index in [1.54, 1.807) is 6.20 Å². The summed E-state index contributed by atoms with van der Waals surface area (Å²) in [6.07, 6.45) is 1.72. The number of aromatic nitrogens is 3. The van der Waals surface area contributed by atoms with Crippen LogP contribution in [-0.2, 0) is 5.75 Å². The minimum Gasteiger partial charge on any atom is -0.409 e. The number of hydrogen-bond acceptors (Lipinski definition) is 8. The molecular weight excluding hydrogens is 421 g/mol. The Morgan fingerprint density at radius 3 is 3.04 bits per heavy atom. The molecule has 7 nitrogen and oxygen atoms in total. The Labute approximate surface area is 152 Å². The smallest absolute Gasteiger partial charge is 0.202 e. The number of hydrogen-bond donors (Lipinski definition) is 2. The van der Waals surface area contributed by atoms with Crippen molar-refractivity contribution in [1.29, 1.82) is 0 Å². The van der Waals surface area contributed by atoms with Crippen LogP contribution in [0.1, 0.15) is 10.7 Å². The van der Waals surface area contributed by atoms with Crippen LogP contribution in [0.15, 0.2) is 49.1 Å². The van der Waals surface area contributed by atoms with Crippen molar-refractivity contribution in [2.75, 3.05) is 5.32 Å². The van der Waals surface area contributed by atoms with Gasteiger partial charge in [-0.2, -0.15) is 0 Å². The van der Waals surface area contributed by atoms with E-state index in [0.29, 0.717) is 16.5 Å². The number of thiazole rings is 1. The van der Waals surface area contributed by atoms with E-state index in [4.69, 9.17) is 4.63 Å². The molecule has 0 radical (unpaired) electrons. The highest BCUT2D eigenvalue weighted by molar-refractivity contribution is 9.10. The third-order valence-electron chi connectivity index (χ3n) is 2.78. The predicted molar refractivity (Wildman–Crippen MR) is 92.0 cm³/mol. The minimum absolute atomic E-state index is 0.0383. The van der Waals surface area contributed by atoms with Crippen LogP contribution in [0.4, 0.5) is 10.1 Å². The van der Waals surface area contributed by atoms with Gasteiger partial charge in [0.1, 0.15) is 10.8 Å². The fourth-order valence-electron chi connectivity index (χ4n) is 1.72. The van der Waals surface area contributed by atoms with Crippen LogP contribution < -0.4 is 5.32 Å². The number of thioether (sulfide) groups is 1. The second kappa shape index (κ2) is 7.73. The standard InChI is InChI=1S/C13H9BrFN5O2S2/c14-8-5-7(1-2-9(8)15)17-12(18-21)11-13(20-22-19-11)24-6-10-16-3-4-23-10/h1-5,21H,6H2,(H,17,18). The van der Waals surface area contributed by atoms with Crippen LogP contribution in [0, 0.1) is 5.82 Å². The minimum atomic E-state index is -0.397. The Hall–Kier alpha value is -1.98. The van der Waals surface area contributed by atoms with E-state index < -0.39 is 5.82 Å². The van der Waals surface area contributed by atoms with Gasteiger partial charge >= 0.3 is 0 Å². The first-order valence-corrected chi connectivity index (χ1v) is 9.11. The molecule has 0 bridgehead atoms. The number of amidine groups is 1. The van der Waals surface area contributed by atoms with Crippen molar-refractivity contribution in [1.82, 2.24) is 15.3 Å². The first-order valence-electron chi connectivity index (χ1n) is 6.45. The van der Waals surface area contributed by atoms with Gasteiger partial charge in [-0.25, -0.2) is 14.0 Å². The third kappa shape index (κ3) is 3.91. The quantitative estimate of drug-likeness (QED) is 0.208. The lowest BCUT2D eigenvalue weighted by atomic mass is 10.3. The summed E-state index contributed by atoms with van der Waals surface area (Å²) >= 11 is 5.97. The van der Waals surface area contributed by atoms with Crippen LogP contribution in [-0.4, -0.2) is 26.3 Å². The van der Waals surface area contributed by atoms with E-state index in [1.807, 2.05) is 5.38 Å². The van der Waals surface area contributed by atoms with Crippen molar-refractivity contribution in [2.45, 2.75) is 10.8 Å². The highest BCUT2D eigenvalue weighted by atomic mass is 79.9. The summed E-state index contributed by atoms with van der Waals surface area (Å²) in [4.78, 5) is 4.18. The molecule has 0 aliphatic heterocycles. The molecule has 0 fully saturated rings. The van der Waals surface area contributed by atoms with E-state index >= 15 is 0 Å². The van der Waals surface area contributed by atoms with Gasteiger partial charge < -0.3 is 10.5 Å². The van der Waals surface area contributed by atoms with Gasteiger partial charge in [-0.05, 0) is 44.4 Å². The first-order chi connectivity index (χ1) is 11.7. The highest BCUT2D eigenvalue weighted by Crippen LogP contribution is 2.26. The van der Waals surface area contributed by atoms with Gasteiger partial charge in [-0.1, -0.05) is 16.9 Å². The van der Waals surface area contributed by atoms with Crippen molar-refractivity contribution in [2.24, 2.45) is 5.16 Å². The monoisotopic (exact) mass is 429 g/mol. The highest BCUT2D eigenvalue weighted by Gasteiger charge is 2.19. The molecule has 24 heavy (non-hydrogen) atoms. The second-order valence-corrected chi connectivity index (χ2v) is 7.13. The van der Waals surface area contributed by atoms with Gasteiger partial charge in [-0.3, -0.25) is 0 Å². The Morgan fingerprint density at radius 1 is 1.46 bits per heavy atom. The molecule has 0 unspecified atom stereocenters. The zero-order valence-electron chi connectivity index (χ0n) is 11.8. The van der Waals surface area contributed by atoms with Crippen LogP contribution in [0.2, 0.25) is 0 Å². The van der Waals surface area contributed by atoms with Crippen molar-refractivity contribution in [3.8, 4) is 0 Å². The van der Waals surface area contributed by atoms with Gasteiger partial charge in [0, 0.05) is 17.3 Å². The van der Waals surface area contributed by atoms with Crippen LogP contribution >= 0.6 is 39.0 Å². The zero-order valence-corrected chi connectivity index (χ0v) is 15.0. The number of oxime groups is 1. The SMILES string of the molecule is O/N=C(/Nc1ccc(F)c(Br)c1)c1nonc1SCc1nccs1. The topological polar surface area (TPSA) is 96.4 Å². The molecule has 0 aliphatic carbocycles. The fourth-order valence-corrected chi connectivity index (χ4v) is 3.64. The normalized spacial score (nSPS) is 11.7. The van der Waals surface area contributed by atoms with Crippen molar-refractivity contribution >= 4 is 50.6 Å². The number of rotatable bonds is 5. The zero-order chi connectivity index (χ0) is 16.9. The molecule has 124 valence electrons. The largest absolute Gasteiger partial charge is 0.409 e. The number of benzene rings is 1. The average molecular weight is 430 g/mol. The molecule has 3 rings (SSSR count). The van der Waals surface area contributed by atoms with E-state index in [2.05, 4.69) is 41.7 Å². The Balaban J connectivity index is 1.76. The van der Waals surface area contributed by atoms with E-state index in [9.17, 15) is 9.60 Å². The molecule has 1 aromatic carbocycles. The molecule has 2 heterocycles. The van der Waals surface area contributed by atoms with Crippen molar-refractivity contribution in [3.05, 3.63) is 50.8 Å². The van der Waals surface area contributed by atoms with Crippen LogP contribution in [0.25, 0.3) is 0 Å². The summed E-state index contributed by atoms with van der Waals surface area (Å²) in [5.41, 5.74) is 0.759. The Kier molecular flexibility index (Phi) is 5.43. The molecule has 0 aliphatic rings. The maximum absolute atomic E-state index is 13.3. The summed E-state index contributed by atoms with van der Waals surface area (Å²) in [6.45, 7) is 0. The molecule has 3 aromatic rings. The van der Waals surface area contributed by atoms with E-state index in [0.717, 1.165) is 5.01 Å². The van der Waals surface area contributed by atoms with Gasteiger partial charge in [0.15, 0.2) is 10.7 Å². The molecule has 0 amide bonds. The van der Waals surface area contributed by atoms with E-state index in [1.165, 1.54) is 41.3 Å². The van der Waals surface area contributed by atoms with Gasteiger partial charge in [0.25, 0.3) is 0 Å². The number of anilines is 1. The van der Waals surface area contributed by atoms with Gasteiger partial charge in [-0.15, -0.1) is 11.3 Å². The lowest BCUT2D eigenvalue weighted by Gasteiger charge is -2.07. The molecule has 0 spiro atoms. The molecule has 2 N–H and O–H groups in total. The maximum atomic E-state index is 13.3. The average Bonchev–Trinajstić information content (AvgIpc) is 3.25. The van der Waals surface area contributed by atoms with Gasteiger partial charge in [0.2, 0.25) is 5.84 Å². The van der Waals surface area contributed by atoms with E-state index in [-0.39, 0.29) is 16.0 Å². The lowest BCUT2D eigenvalue weighted by Crippen LogP contribution is -2.15. The first kappa shape index (κ1) is 16.9. The third-order valence-corrected chi connectivity index (χ3v) is 5.31. The summed E-state index contributed by atoms with van der Waals surface area (Å²) in [6, 6.07) is 4.29. The maximum Gasteiger partial charge on any atom is 0.202 e. The Morgan fingerprint density at radius 2 is 2.33 bits per heavy atom. The molecule has 11 heteroatoms. The summed E-state index contributed by atoms with van der Waals surface area (Å²) in [5, 5.41) is 26.1. The van der Waals surface area contributed by atoms with Crippen molar-refractivity contribution < 1.29 is 14.2 Å². The number of nitrogens with one attached hydrogen (secondary N) is 1. The van der Waals surface area contributed by atoms with Crippen molar-refractivity contribution in [3.63, 3.8) is 0 Å².